The molecule has 1 aromatic rings. The number of aryl methyl sites for hydroxylation is 1. The number of aromatic nitrogens is 1. The monoisotopic (exact) mass is 323 g/mol. The van der Waals surface area contributed by atoms with Gasteiger partial charge in [-0.3, -0.25) is 4.98 Å². The molecule has 0 N–H and O–H groups in total. The van der Waals surface area contributed by atoms with E-state index in [-0.39, 0.29) is 0 Å². The molecule has 104 valence electrons. The fourth-order valence-corrected chi connectivity index (χ4v) is 3.40. The zero-order chi connectivity index (χ0) is 13.3. The number of hydrogen-bond donors (Lipinski definition) is 0. The first-order valence-electron chi connectivity index (χ1n) is 7.46. The van der Waals surface area contributed by atoms with E-state index in [0.29, 0.717) is 6.10 Å². The van der Waals surface area contributed by atoms with E-state index in [9.17, 15) is 0 Å². The summed E-state index contributed by atoms with van der Waals surface area (Å²) < 4.78 is 7.11. The molecule has 0 atom stereocenters. The van der Waals surface area contributed by atoms with Crippen molar-refractivity contribution in [2.24, 2.45) is 5.41 Å². The molecule has 2 nitrogen and oxygen atoms in total. The third kappa shape index (κ3) is 3.19. The predicted molar refractivity (Wildman–Crippen MR) is 80.0 cm³/mol. The maximum Gasteiger partial charge on any atom is 0.0738 e. The van der Waals surface area contributed by atoms with Gasteiger partial charge in [-0.15, -0.1) is 0 Å². The highest BCUT2D eigenvalue weighted by Crippen LogP contribution is 2.61. The van der Waals surface area contributed by atoms with Crippen LogP contribution in [0.15, 0.2) is 16.7 Å². The van der Waals surface area contributed by atoms with Gasteiger partial charge in [-0.05, 0) is 65.9 Å². The zero-order valence-corrected chi connectivity index (χ0v) is 13.2. The summed E-state index contributed by atoms with van der Waals surface area (Å²) in [5.74, 6) is 0. The molecule has 0 saturated heterocycles. The third-order valence-corrected chi connectivity index (χ3v) is 4.98. The fraction of sp³-hybridized carbons (Fsp3) is 0.688. The number of rotatable bonds is 6. The number of ether oxygens (including phenoxy) is 1. The Morgan fingerprint density at radius 2 is 2.21 bits per heavy atom. The summed E-state index contributed by atoms with van der Waals surface area (Å²) in [6, 6.07) is 2.17. The summed E-state index contributed by atoms with van der Waals surface area (Å²) in [5, 5.41) is 0. The lowest BCUT2D eigenvalue weighted by Gasteiger charge is -2.35. The van der Waals surface area contributed by atoms with Gasteiger partial charge in [0.05, 0.1) is 12.7 Å². The quantitative estimate of drug-likeness (QED) is 0.760. The molecular weight excluding hydrogens is 302 g/mol. The first-order valence-corrected chi connectivity index (χ1v) is 8.25. The lowest BCUT2D eigenvalue weighted by atomic mass is 9.79. The van der Waals surface area contributed by atoms with Crippen LogP contribution in [0.5, 0.6) is 0 Å². The van der Waals surface area contributed by atoms with Gasteiger partial charge in [0.25, 0.3) is 0 Å². The molecule has 1 spiro atoms. The highest BCUT2D eigenvalue weighted by atomic mass is 79.9. The molecule has 0 aliphatic heterocycles. The summed E-state index contributed by atoms with van der Waals surface area (Å²) in [6.07, 6.45) is 11.3. The van der Waals surface area contributed by atoms with Crippen LogP contribution in [0.1, 0.15) is 56.7 Å². The predicted octanol–water partition coefficient (Wildman–Crippen LogP) is 4.65. The van der Waals surface area contributed by atoms with Crippen LogP contribution in [0, 0.1) is 5.41 Å². The average molecular weight is 324 g/mol. The highest BCUT2D eigenvalue weighted by molar-refractivity contribution is 9.10. The van der Waals surface area contributed by atoms with E-state index in [0.717, 1.165) is 22.9 Å². The van der Waals surface area contributed by atoms with E-state index in [4.69, 9.17) is 4.74 Å². The Bertz CT molecular complexity index is 448. The van der Waals surface area contributed by atoms with E-state index in [2.05, 4.69) is 33.9 Å². The van der Waals surface area contributed by atoms with Crippen LogP contribution in [0.25, 0.3) is 0 Å². The Hall–Kier alpha value is -0.410. The minimum absolute atomic E-state index is 0.500. The molecule has 1 aromatic heterocycles. The molecule has 2 aliphatic carbocycles. The van der Waals surface area contributed by atoms with Crippen molar-refractivity contribution in [1.29, 1.82) is 0 Å². The Balaban J connectivity index is 1.56. The van der Waals surface area contributed by atoms with Gasteiger partial charge in [0, 0.05) is 21.9 Å². The van der Waals surface area contributed by atoms with Crippen LogP contribution in [0.4, 0.5) is 0 Å². The van der Waals surface area contributed by atoms with E-state index in [1.54, 1.807) is 0 Å². The first kappa shape index (κ1) is 13.6. The molecule has 2 aliphatic rings. The van der Waals surface area contributed by atoms with Gasteiger partial charge in [-0.1, -0.05) is 13.3 Å². The molecule has 0 unspecified atom stereocenters. The minimum Gasteiger partial charge on any atom is -0.373 e. The second-order valence-corrected chi connectivity index (χ2v) is 7.12. The van der Waals surface area contributed by atoms with E-state index < -0.39 is 0 Å². The Labute approximate surface area is 124 Å². The topological polar surface area (TPSA) is 22.1 Å². The largest absolute Gasteiger partial charge is 0.373 e. The Morgan fingerprint density at radius 3 is 2.89 bits per heavy atom. The summed E-state index contributed by atoms with van der Waals surface area (Å²) >= 11 is 3.51. The third-order valence-electron chi connectivity index (χ3n) is 4.55. The molecule has 1 heterocycles. The van der Waals surface area contributed by atoms with Crippen molar-refractivity contribution >= 4 is 15.9 Å². The molecule has 2 saturated carbocycles. The van der Waals surface area contributed by atoms with Gasteiger partial charge in [0.15, 0.2) is 0 Å². The van der Waals surface area contributed by atoms with Crippen LogP contribution >= 0.6 is 15.9 Å². The lowest BCUT2D eigenvalue weighted by Crippen LogP contribution is -2.32. The number of hydrogen-bond acceptors (Lipinski definition) is 2. The van der Waals surface area contributed by atoms with Crippen LogP contribution in [0.2, 0.25) is 0 Å². The Kier molecular flexibility index (Phi) is 3.95. The molecule has 2 fully saturated rings. The minimum atomic E-state index is 0.500. The highest BCUT2D eigenvalue weighted by Gasteiger charge is 2.53. The number of nitrogens with zero attached hydrogens (tertiary/aromatic N) is 1. The molecule has 0 bridgehead atoms. The lowest BCUT2D eigenvalue weighted by molar-refractivity contribution is -0.0498. The number of halogens is 1. The molecule has 0 amide bonds. The molecule has 0 aromatic carbocycles. The van der Waals surface area contributed by atoms with E-state index >= 15 is 0 Å². The molecule has 0 radical (unpaired) electrons. The standard InChI is InChI=1S/C16H22BrNO/c1-2-3-4-15-12(7-13(17)10-18-15)11-19-14-8-16(9-14)5-6-16/h7,10,14H,2-6,8-9,11H2,1H3. The van der Waals surface area contributed by atoms with Gasteiger partial charge in [-0.25, -0.2) is 0 Å². The first-order chi connectivity index (χ1) is 9.21. The maximum atomic E-state index is 6.05. The van der Waals surface area contributed by atoms with Crippen LogP contribution < -0.4 is 0 Å². The van der Waals surface area contributed by atoms with Gasteiger partial charge >= 0.3 is 0 Å². The van der Waals surface area contributed by atoms with Crippen molar-refractivity contribution in [3.8, 4) is 0 Å². The van der Waals surface area contributed by atoms with Gasteiger partial charge in [0.1, 0.15) is 0 Å². The SMILES string of the molecule is CCCCc1ncc(Br)cc1COC1CC2(CC2)C1. The van der Waals surface area contributed by atoms with Crippen molar-refractivity contribution in [3.05, 3.63) is 28.0 Å². The zero-order valence-electron chi connectivity index (χ0n) is 11.6. The maximum absolute atomic E-state index is 6.05. The van der Waals surface area contributed by atoms with Crippen LogP contribution in [-0.4, -0.2) is 11.1 Å². The van der Waals surface area contributed by atoms with Crippen molar-refractivity contribution in [2.75, 3.05) is 0 Å². The summed E-state index contributed by atoms with van der Waals surface area (Å²) in [6.45, 7) is 2.95. The van der Waals surface area contributed by atoms with Gasteiger partial charge < -0.3 is 4.74 Å². The van der Waals surface area contributed by atoms with Crippen molar-refractivity contribution in [1.82, 2.24) is 4.98 Å². The van der Waals surface area contributed by atoms with Gasteiger partial charge in [-0.2, -0.15) is 0 Å². The number of pyridine rings is 1. The molecule has 3 rings (SSSR count). The molecular formula is C16H22BrNO. The smallest absolute Gasteiger partial charge is 0.0738 e. The van der Waals surface area contributed by atoms with Gasteiger partial charge in [0.2, 0.25) is 0 Å². The molecule has 19 heavy (non-hydrogen) atoms. The summed E-state index contributed by atoms with van der Waals surface area (Å²) in [7, 11) is 0. The Morgan fingerprint density at radius 1 is 1.42 bits per heavy atom. The summed E-state index contributed by atoms with van der Waals surface area (Å²) in [5.41, 5.74) is 3.20. The van der Waals surface area contributed by atoms with Crippen molar-refractivity contribution < 1.29 is 4.74 Å². The normalized spacial score (nSPS) is 20.5. The average Bonchev–Trinajstić information content (AvgIpc) is 3.14. The molecule has 3 heteroatoms. The van der Waals surface area contributed by atoms with Crippen LogP contribution in [-0.2, 0) is 17.8 Å². The number of unbranched alkanes of at least 4 members (excludes halogenated alkanes) is 1. The van der Waals surface area contributed by atoms with Crippen molar-refractivity contribution in [2.45, 2.75) is 64.6 Å². The van der Waals surface area contributed by atoms with Crippen molar-refractivity contribution in [3.63, 3.8) is 0 Å². The van der Waals surface area contributed by atoms with E-state index in [1.165, 1.54) is 49.8 Å². The van der Waals surface area contributed by atoms with E-state index in [1.807, 2.05) is 6.20 Å². The summed E-state index contributed by atoms with van der Waals surface area (Å²) in [4.78, 5) is 4.55. The second kappa shape index (κ2) is 5.53. The fourth-order valence-electron chi connectivity index (χ4n) is 3.02. The second-order valence-electron chi connectivity index (χ2n) is 6.20. The van der Waals surface area contributed by atoms with Crippen LogP contribution in [0.3, 0.4) is 0 Å².